The van der Waals surface area contributed by atoms with Crippen LogP contribution in [0.3, 0.4) is 0 Å². The molecule has 112 valence electrons. The molecule has 21 heavy (non-hydrogen) atoms. The zero-order chi connectivity index (χ0) is 14.9. The molecule has 4 heteroatoms. The average molecular weight is 287 g/mol. The third-order valence-corrected chi connectivity index (χ3v) is 3.34. The number of furan rings is 1. The molecule has 0 saturated heterocycles. The van der Waals surface area contributed by atoms with Crippen molar-refractivity contribution in [3.05, 3.63) is 60.1 Å². The van der Waals surface area contributed by atoms with E-state index in [-0.39, 0.29) is 12.0 Å². The lowest BCUT2D eigenvalue weighted by atomic mass is 10.1. The summed E-state index contributed by atoms with van der Waals surface area (Å²) in [4.78, 5) is 11.8. The summed E-state index contributed by atoms with van der Waals surface area (Å²) in [5.41, 5.74) is 1.26. The number of ether oxygens (including phenoxy) is 1. The fraction of sp³-hybridized carbons (Fsp3) is 0.353. The summed E-state index contributed by atoms with van der Waals surface area (Å²) in [6.45, 7) is 0.425. The minimum atomic E-state index is -0.238. The van der Waals surface area contributed by atoms with Gasteiger partial charge >= 0.3 is 0 Å². The number of rotatable bonds is 8. The first-order chi connectivity index (χ1) is 10.3. The Morgan fingerprint density at radius 3 is 2.71 bits per heavy atom. The second-order valence-electron chi connectivity index (χ2n) is 4.88. The quantitative estimate of drug-likeness (QED) is 0.811. The summed E-state index contributed by atoms with van der Waals surface area (Å²) in [5, 5.41) is 2.88. The van der Waals surface area contributed by atoms with E-state index >= 15 is 0 Å². The Balaban J connectivity index is 1.67. The van der Waals surface area contributed by atoms with Gasteiger partial charge in [0, 0.05) is 13.5 Å². The molecular weight excluding hydrogens is 266 g/mol. The van der Waals surface area contributed by atoms with Crippen LogP contribution >= 0.6 is 0 Å². The van der Waals surface area contributed by atoms with E-state index in [1.807, 2.05) is 30.3 Å². The summed E-state index contributed by atoms with van der Waals surface area (Å²) in [6, 6.07) is 13.8. The van der Waals surface area contributed by atoms with Crippen molar-refractivity contribution in [3.8, 4) is 0 Å². The molecule has 1 amide bonds. The largest absolute Gasteiger partial charge is 0.467 e. The number of hydrogen-bond acceptors (Lipinski definition) is 3. The first kappa shape index (κ1) is 15.3. The van der Waals surface area contributed by atoms with Crippen molar-refractivity contribution in [1.29, 1.82) is 0 Å². The highest BCUT2D eigenvalue weighted by Crippen LogP contribution is 2.15. The lowest BCUT2D eigenvalue weighted by molar-refractivity contribution is -0.121. The predicted octanol–water partition coefficient (Wildman–Crippen LogP) is 3.11. The van der Waals surface area contributed by atoms with Gasteiger partial charge in [-0.3, -0.25) is 4.79 Å². The van der Waals surface area contributed by atoms with Crippen LogP contribution in [0.1, 0.15) is 30.3 Å². The monoisotopic (exact) mass is 287 g/mol. The summed E-state index contributed by atoms with van der Waals surface area (Å²) in [5.74, 6) is 0.765. The van der Waals surface area contributed by atoms with E-state index in [0.29, 0.717) is 13.0 Å². The molecule has 1 aromatic carbocycles. The van der Waals surface area contributed by atoms with E-state index in [1.165, 1.54) is 5.56 Å². The van der Waals surface area contributed by atoms with Gasteiger partial charge in [0.2, 0.25) is 5.91 Å². The number of amides is 1. The van der Waals surface area contributed by atoms with Gasteiger partial charge in [-0.1, -0.05) is 30.3 Å². The number of methoxy groups -OCH3 is 1. The third-order valence-electron chi connectivity index (χ3n) is 3.34. The van der Waals surface area contributed by atoms with Crippen molar-refractivity contribution in [1.82, 2.24) is 5.32 Å². The fourth-order valence-corrected chi connectivity index (χ4v) is 2.17. The van der Waals surface area contributed by atoms with Gasteiger partial charge in [-0.25, -0.2) is 0 Å². The molecule has 0 aliphatic rings. The Kier molecular flexibility index (Phi) is 6.03. The Bertz CT molecular complexity index is 522. The molecule has 2 rings (SSSR count). The maximum atomic E-state index is 11.8. The van der Waals surface area contributed by atoms with E-state index in [0.717, 1.165) is 18.6 Å². The van der Waals surface area contributed by atoms with Crippen LogP contribution in [0.4, 0.5) is 0 Å². The van der Waals surface area contributed by atoms with Gasteiger partial charge in [-0.2, -0.15) is 0 Å². The van der Waals surface area contributed by atoms with Crippen LogP contribution in [0.25, 0.3) is 0 Å². The second-order valence-corrected chi connectivity index (χ2v) is 4.88. The minimum Gasteiger partial charge on any atom is -0.467 e. The van der Waals surface area contributed by atoms with Crippen LogP contribution in [-0.2, 0) is 16.0 Å². The lowest BCUT2D eigenvalue weighted by Crippen LogP contribution is -2.28. The van der Waals surface area contributed by atoms with E-state index in [2.05, 4.69) is 17.4 Å². The molecule has 0 radical (unpaired) electrons. The normalized spacial score (nSPS) is 12.0. The summed E-state index contributed by atoms with van der Waals surface area (Å²) in [6.07, 6.45) is 3.64. The lowest BCUT2D eigenvalue weighted by Gasteiger charge is -2.13. The number of hydrogen-bond donors (Lipinski definition) is 1. The van der Waals surface area contributed by atoms with E-state index < -0.39 is 0 Å². The van der Waals surface area contributed by atoms with Gasteiger partial charge in [-0.15, -0.1) is 0 Å². The molecule has 1 unspecified atom stereocenters. The Morgan fingerprint density at radius 2 is 2.05 bits per heavy atom. The molecule has 1 aromatic heterocycles. The van der Waals surface area contributed by atoms with E-state index in [9.17, 15) is 4.79 Å². The zero-order valence-corrected chi connectivity index (χ0v) is 12.2. The molecule has 0 saturated carbocycles. The van der Waals surface area contributed by atoms with Gasteiger partial charge in [0.25, 0.3) is 0 Å². The van der Waals surface area contributed by atoms with Crippen LogP contribution in [0.15, 0.2) is 53.1 Å². The minimum absolute atomic E-state index is 0.0412. The van der Waals surface area contributed by atoms with Gasteiger partial charge < -0.3 is 14.5 Å². The number of nitrogens with one attached hydrogen (secondary N) is 1. The molecular formula is C17H21NO3. The van der Waals surface area contributed by atoms with Crippen molar-refractivity contribution in [2.24, 2.45) is 0 Å². The maximum Gasteiger partial charge on any atom is 0.220 e. The predicted molar refractivity (Wildman–Crippen MR) is 80.8 cm³/mol. The van der Waals surface area contributed by atoms with Crippen molar-refractivity contribution < 1.29 is 13.9 Å². The van der Waals surface area contributed by atoms with Crippen LogP contribution in [0, 0.1) is 0 Å². The molecule has 1 atom stereocenters. The maximum absolute atomic E-state index is 11.8. The molecule has 0 spiro atoms. The number of carbonyl (C=O) groups excluding carboxylic acids is 1. The molecule has 2 aromatic rings. The Labute approximate surface area is 125 Å². The standard InChI is InChI=1S/C17H21NO3/c1-20-16(15-10-6-12-21-15)13-18-17(19)11-5-9-14-7-3-2-4-8-14/h2-4,6-8,10,12,16H,5,9,11,13H2,1H3,(H,18,19). The van der Waals surface area contributed by atoms with Crippen LogP contribution in [0.5, 0.6) is 0 Å². The molecule has 4 nitrogen and oxygen atoms in total. The number of carbonyl (C=O) groups is 1. The van der Waals surface area contributed by atoms with E-state index in [1.54, 1.807) is 13.4 Å². The Hall–Kier alpha value is -2.07. The van der Waals surface area contributed by atoms with Crippen LogP contribution in [0.2, 0.25) is 0 Å². The highest BCUT2D eigenvalue weighted by atomic mass is 16.5. The van der Waals surface area contributed by atoms with Gasteiger partial charge in [0.15, 0.2) is 0 Å². The molecule has 0 aliphatic carbocycles. The summed E-state index contributed by atoms with van der Waals surface area (Å²) >= 11 is 0. The van der Waals surface area contributed by atoms with Crippen molar-refractivity contribution >= 4 is 5.91 Å². The summed E-state index contributed by atoms with van der Waals surface area (Å²) in [7, 11) is 1.61. The molecule has 0 bridgehead atoms. The average Bonchev–Trinajstić information content (AvgIpc) is 3.03. The number of aryl methyl sites for hydroxylation is 1. The Morgan fingerprint density at radius 1 is 1.24 bits per heavy atom. The first-order valence-electron chi connectivity index (χ1n) is 7.16. The van der Waals surface area contributed by atoms with Crippen molar-refractivity contribution in [3.63, 3.8) is 0 Å². The highest BCUT2D eigenvalue weighted by Gasteiger charge is 2.14. The van der Waals surface area contributed by atoms with Crippen molar-refractivity contribution in [2.75, 3.05) is 13.7 Å². The highest BCUT2D eigenvalue weighted by molar-refractivity contribution is 5.75. The van der Waals surface area contributed by atoms with Gasteiger partial charge in [0.05, 0.1) is 12.8 Å². The fourth-order valence-electron chi connectivity index (χ4n) is 2.17. The second kappa shape index (κ2) is 8.27. The third kappa shape index (κ3) is 5.08. The van der Waals surface area contributed by atoms with Gasteiger partial charge in [-0.05, 0) is 30.5 Å². The first-order valence-corrected chi connectivity index (χ1v) is 7.16. The SMILES string of the molecule is COC(CNC(=O)CCCc1ccccc1)c1ccco1. The van der Waals surface area contributed by atoms with Crippen LogP contribution < -0.4 is 5.32 Å². The van der Waals surface area contributed by atoms with E-state index in [4.69, 9.17) is 9.15 Å². The molecule has 1 N–H and O–H groups in total. The molecule has 0 fully saturated rings. The van der Waals surface area contributed by atoms with Crippen LogP contribution in [-0.4, -0.2) is 19.6 Å². The number of benzene rings is 1. The van der Waals surface area contributed by atoms with Crippen molar-refractivity contribution in [2.45, 2.75) is 25.4 Å². The zero-order valence-electron chi connectivity index (χ0n) is 12.2. The smallest absolute Gasteiger partial charge is 0.220 e. The summed E-state index contributed by atoms with van der Waals surface area (Å²) < 4.78 is 10.6. The molecule has 1 heterocycles. The molecule has 0 aliphatic heterocycles. The topological polar surface area (TPSA) is 51.5 Å². The van der Waals surface area contributed by atoms with Gasteiger partial charge in [0.1, 0.15) is 11.9 Å².